The molecular formula is C26H39N3O8. The summed E-state index contributed by atoms with van der Waals surface area (Å²) in [5.41, 5.74) is 7.04. The Kier molecular flexibility index (Phi) is 16.2. The van der Waals surface area contributed by atoms with Crippen LogP contribution >= 0.6 is 0 Å². The van der Waals surface area contributed by atoms with Gasteiger partial charge in [0.25, 0.3) is 5.91 Å². The number of nitrogens with one attached hydrogen (secondary N) is 2. The number of carboxylic acid groups (broad SMARTS) is 1. The van der Waals surface area contributed by atoms with Crippen molar-refractivity contribution in [3.8, 4) is 0 Å². The lowest BCUT2D eigenvalue weighted by Crippen LogP contribution is -2.45. The molecule has 0 saturated carbocycles. The zero-order valence-corrected chi connectivity index (χ0v) is 21.5. The van der Waals surface area contributed by atoms with E-state index in [-0.39, 0.29) is 44.4 Å². The molecule has 0 aliphatic rings. The summed E-state index contributed by atoms with van der Waals surface area (Å²) < 4.78 is 10.6. The molecule has 0 aliphatic heterocycles. The molecule has 0 aliphatic carbocycles. The van der Waals surface area contributed by atoms with Crippen molar-refractivity contribution in [1.82, 2.24) is 10.6 Å². The molecule has 1 atom stereocenters. The number of hydrogen-bond donors (Lipinski definition) is 4. The highest BCUT2D eigenvalue weighted by Crippen LogP contribution is 2.05. The van der Waals surface area contributed by atoms with Gasteiger partial charge in [0.2, 0.25) is 11.8 Å². The van der Waals surface area contributed by atoms with E-state index in [1.165, 1.54) is 0 Å². The second-order valence-corrected chi connectivity index (χ2v) is 8.69. The molecule has 0 unspecified atom stereocenters. The number of unbranched alkanes of at least 4 members (excludes halogenated alkanes) is 1. The zero-order valence-electron chi connectivity index (χ0n) is 21.5. The number of ether oxygens (including phenoxy) is 2. The van der Waals surface area contributed by atoms with Crippen LogP contribution in [0.4, 0.5) is 0 Å². The van der Waals surface area contributed by atoms with Crippen molar-refractivity contribution in [2.75, 3.05) is 33.0 Å². The molecule has 11 heteroatoms. The Hall–Kier alpha value is -3.31. The Bertz CT molecular complexity index is 873. The third-order valence-electron chi connectivity index (χ3n) is 5.39. The summed E-state index contributed by atoms with van der Waals surface area (Å²) in [5.74, 6) is -2.18. The number of rotatable bonds is 21. The van der Waals surface area contributed by atoms with E-state index in [0.29, 0.717) is 57.2 Å². The largest absolute Gasteiger partial charge is 0.481 e. The van der Waals surface area contributed by atoms with Crippen LogP contribution in [0.2, 0.25) is 0 Å². The Morgan fingerprint density at radius 2 is 1.57 bits per heavy atom. The van der Waals surface area contributed by atoms with Gasteiger partial charge in [-0.15, -0.1) is 0 Å². The number of hydrogen-bond acceptors (Lipinski definition) is 7. The Balaban J connectivity index is 2.08. The van der Waals surface area contributed by atoms with Crippen molar-refractivity contribution in [2.45, 2.75) is 64.3 Å². The van der Waals surface area contributed by atoms with Crippen LogP contribution in [0.15, 0.2) is 24.3 Å². The molecule has 0 heterocycles. The summed E-state index contributed by atoms with van der Waals surface area (Å²) >= 11 is 0. The number of benzene rings is 1. The molecule has 0 saturated heterocycles. The van der Waals surface area contributed by atoms with Crippen molar-refractivity contribution in [2.24, 2.45) is 5.73 Å². The molecule has 0 radical (unpaired) electrons. The molecule has 1 rings (SSSR count). The second kappa shape index (κ2) is 18.9. The summed E-state index contributed by atoms with van der Waals surface area (Å²) in [6, 6.07) is 6.43. The van der Waals surface area contributed by atoms with E-state index in [1.54, 1.807) is 12.1 Å². The number of Topliss-reactive ketones (excluding diaryl/α,β-unsaturated/α-hetero) is 1. The summed E-state index contributed by atoms with van der Waals surface area (Å²) in [7, 11) is 0. The molecule has 0 bridgehead atoms. The average Bonchev–Trinajstić information content (AvgIpc) is 2.84. The van der Waals surface area contributed by atoms with Crippen molar-refractivity contribution in [1.29, 1.82) is 0 Å². The first-order valence-corrected chi connectivity index (χ1v) is 12.5. The molecule has 11 nitrogen and oxygen atoms in total. The van der Waals surface area contributed by atoms with Gasteiger partial charge in [0.1, 0.15) is 18.4 Å². The van der Waals surface area contributed by atoms with Crippen LogP contribution in [-0.2, 0) is 28.7 Å². The predicted octanol–water partition coefficient (Wildman–Crippen LogP) is 1.50. The quantitative estimate of drug-likeness (QED) is 0.176. The van der Waals surface area contributed by atoms with Gasteiger partial charge >= 0.3 is 5.97 Å². The average molecular weight is 522 g/mol. The van der Waals surface area contributed by atoms with Gasteiger partial charge in [-0.3, -0.25) is 24.0 Å². The lowest BCUT2D eigenvalue weighted by atomic mass is 10.1. The maximum Gasteiger partial charge on any atom is 0.303 e. The Morgan fingerprint density at radius 3 is 2.24 bits per heavy atom. The highest BCUT2D eigenvalue weighted by Gasteiger charge is 2.17. The third kappa shape index (κ3) is 16.1. The second-order valence-electron chi connectivity index (χ2n) is 8.69. The Labute approximate surface area is 217 Å². The SMILES string of the molecule is Cc1ccc(C(=O)NCCCC[C@H](NC(=O)COCCOCCCC(=O)CCCC(=O)O)C(N)=O)cc1. The fraction of sp³-hybridized carbons (Fsp3) is 0.577. The first kappa shape index (κ1) is 31.7. The highest BCUT2D eigenvalue weighted by molar-refractivity contribution is 5.94. The Morgan fingerprint density at radius 1 is 0.892 bits per heavy atom. The summed E-state index contributed by atoms with van der Waals surface area (Å²) in [6.07, 6.45) is 2.99. The van der Waals surface area contributed by atoms with Crippen LogP contribution in [0.3, 0.4) is 0 Å². The van der Waals surface area contributed by atoms with Gasteiger partial charge in [0, 0.05) is 38.0 Å². The molecule has 0 fully saturated rings. The smallest absolute Gasteiger partial charge is 0.303 e. The molecule has 5 N–H and O–H groups in total. The van der Waals surface area contributed by atoms with Crippen molar-refractivity contribution >= 4 is 29.5 Å². The summed E-state index contributed by atoms with van der Waals surface area (Å²) in [6.45, 7) is 2.91. The van der Waals surface area contributed by atoms with E-state index < -0.39 is 23.8 Å². The van der Waals surface area contributed by atoms with Crippen LogP contribution in [0.1, 0.15) is 67.3 Å². The molecule has 3 amide bonds. The number of aliphatic carboxylic acids is 1. The van der Waals surface area contributed by atoms with E-state index in [4.69, 9.17) is 20.3 Å². The van der Waals surface area contributed by atoms with Gasteiger partial charge in [0.05, 0.1) is 13.2 Å². The number of nitrogens with two attached hydrogens (primary N) is 1. The molecule has 0 aromatic heterocycles. The fourth-order valence-electron chi connectivity index (χ4n) is 3.32. The normalized spacial score (nSPS) is 11.5. The number of carboxylic acids is 1. The standard InChI is InChI=1S/C26H39N3O8/c1-19-10-12-20(13-11-19)26(35)28-14-3-2-8-22(25(27)34)29-23(31)18-37-17-16-36-15-5-7-21(30)6-4-9-24(32)33/h10-13,22H,2-9,14-18H2,1H3,(H2,27,34)(H,28,35)(H,29,31)(H,32,33)/t22-/m0/s1. The zero-order chi connectivity index (χ0) is 27.5. The number of primary amides is 1. The highest BCUT2D eigenvalue weighted by atomic mass is 16.5. The number of ketones is 1. The topological polar surface area (TPSA) is 174 Å². The first-order valence-electron chi connectivity index (χ1n) is 12.5. The molecule has 1 aromatic carbocycles. The van der Waals surface area contributed by atoms with E-state index in [1.807, 2.05) is 19.1 Å². The van der Waals surface area contributed by atoms with Gasteiger partial charge < -0.3 is 30.9 Å². The molecule has 206 valence electrons. The van der Waals surface area contributed by atoms with E-state index in [2.05, 4.69) is 10.6 Å². The molecule has 0 spiro atoms. The third-order valence-corrected chi connectivity index (χ3v) is 5.39. The van der Waals surface area contributed by atoms with Crippen LogP contribution in [0, 0.1) is 6.92 Å². The van der Waals surface area contributed by atoms with Gasteiger partial charge in [-0.25, -0.2) is 0 Å². The van der Waals surface area contributed by atoms with Gasteiger partial charge in [-0.2, -0.15) is 0 Å². The van der Waals surface area contributed by atoms with Crippen LogP contribution in [0.5, 0.6) is 0 Å². The van der Waals surface area contributed by atoms with Crippen molar-refractivity contribution in [3.63, 3.8) is 0 Å². The number of amides is 3. The van der Waals surface area contributed by atoms with Crippen molar-refractivity contribution < 1.29 is 38.6 Å². The maximum atomic E-state index is 12.1. The monoisotopic (exact) mass is 521 g/mol. The van der Waals surface area contributed by atoms with Gasteiger partial charge in [0.15, 0.2) is 0 Å². The minimum Gasteiger partial charge on any atom is -0.481 e. The lowest BCUT2D eigenvalue weighted by molar-refractivity contribution is -0.137. The molecule has 1 aromatic rings. The minimum atomic E-state index is -0.911. The fourth-order valence-corrected chi connectivity index (χ4v) is 3.32. The van der Waals surface area contributed by atoms with Crippen LogP contribution in [0.25, 0.3) is 0 Å². The number of carbonyl (C=O) groups is 5. The van der Waals surface area contributed by atoms with Crippen LogP contribution in [-0.4, -0.2) is 73.6 Å². The minimum absolute atomic E-state index is 0.00813. The number of aryl methyl sites for hydroxylation is 1. The lowest BCUT2D eigenvalue weighted by Gasteiger charge is -2.15. The predicted molar refractivity (Wildman–Crippen MR) is 136 cm³/mol. The summed E-state index contributed by atoms with van der Waals surface area (Å²) in [5, 5.41) is 13.9. The first-order chi connectivity index (χ1) is 17.7. The van der Waals surface area contributed by atoms with Crippen molar-refractivity contribution in [3.05, 3.63) is 35.4 Å². The van der Waals surface area contributed by atoms with Gasteiger partial charge in [-0.05, 0) is 51.2 Å². The van der Waals surface area contributed by atoms with E-state index in [0.717, 1.165) is 5.56 Å². The van der Waals surface area contributed by atoms with Crippen LogP contribution < -0.4 is 16.4 Å². The number of carbonyl (C=O) groups excluding carboxylic acids is 4. The molecular weight excluding hydrogens is 482 g/mol. The maximum absolute atomic E-state index is 12.1. The van der Waals surface area contributed by atoms with E-state index in [9.17, 15) is 24.0 Å². The molecule has 37 heavy (non-hydrogen) atoms. The van der Waals surface area contributed by atoms with Gasteiger partial charge in [-0.1, -0.05) is 17.7 Å². The summed E-state index contributed by atoms with van der Waals surface area (Å²) in [4.78, 5) is 57.8. The van der Waals surface area contributed by atoms with E-state index >= 15 is 0 Å².